The third kappa shape index (κ3) is 8.80. The number of non-ortho nitro benzene ring substituents is 1. The highest BCUT2D eigenvalue weighted by Gasteiger charge is 2.41. The summed E-state index contributed by atoms with van der Waals surface area (Å²) in [4.78, 5) is 38.4. The van der Waals surface area contributed by atoms with E-state index in [0.717, 1.165) is 18.4 Å². The molecule has 1 atom stereocenters. The van der Waals surface area contributed by atoms with E-state index >= 15 is 0 Å². The van der Waals surface area contributed by atoms with Gasteiger partial charge in [0.15, 0.2) is 11.5 Å². The van der Waals surface area contributed by atoms with Crippen LogP contribution in [0.3, 0.4) is 0 Å². The molecule has 226 valence electrons. The smallest absolute Gasteiger partial charge is 0.475 e. The number of nitro groups is 1. The molecule has 12 heteroatoms. The fourth-order valence-corrected chi connectivity index (χ4v) is 5.24. The Hall–Kier alpha value is -3.90. The largest absolute Gasteiger partial charge is 0.493 e. The Labute approximate surface area is 248 Å². The number of amides is 2. The van der Waals surface area contributed by atoms with Crippen molar-refractivity contribution < 1.29 is 33.1 Å². The number of nitrogens with zero attached hydrogens (tertiary/aromatic N) is 2. The maximum Gasteiger partial charge on any atom is 0.475 e. The van der Waals surface area contributed by atoms with Crippen molar-refractivity contribution in [2.24, 2.45) is 0 Å². The van der Waals surface area contributed by atoms with Gasteiger partial charge in [-0.2, -0.15) is 0 Å². The zero-order chi connectivity index (χ0) is 30.9. The second kappa shape index (κ2) is 14.8. The fraction of sp³-hybridized carbons (Fsp3) is 0.467. The minimum absolute atomic E-state index is 0.000675. The first-order chi connectivity index (χ1) is 19.9. The summed E-state index contributed by atoms with van der Waals surface area (Å²) in [6.07, 6.45) is 4.42. The normalized spacial score (nSPS) is 15.0. The molecule has 0 saturated carbocycles. The van der Waals surface area contributed by atoms with Crippen LogP contribution < -0.4 is 14.8 Å². The van der Waals surface area contributed by atoms with Crippen LogP contribution in [0.4, 0.5) is 10.5 Å². The molecular weight excluding hydrogens is 558 g/mol. The van der Waals surface area contributed by atoms with Crippen molar-refractivity contribution in [3.8, 4) is 11.5 Å². The highest BCUT2D eigenvalue weighted by molar-refractivity contribution is 6.53. The van der Waals surface area contributed by atoms with Crippen LogP contribution in [0.15, 0.2) is 42.5 Å². The molecule has 0 aliphatic carbocycles. The number of rotatable bonds is 12. The quantitative estimate of drug-likeness (QED) is 0.190. The number of ether oxygens (including phenoxy) is 3. The van der Waals surface area contributed by atoms with E-state index in [1.165, 1.54) is 26.4 Å². The van der Waals surface area contributed by atoms with E-state index in [0.29, 0.717) is 35.8 Å². The molecule has 0 bridgehead atoms. The van der Waals surface area contributed by atoms with Crippen molar-refractivity contribution in [2.75, 3.05) is 34.0 Å². The van der Waals surface area contributed by atoms with Gasteiger partial charge in [0.2, 0.25) is 0 Å². The van der Waals surface area contributed by atoms with E-state index < -0.39 is 20.1 Å². The molecule has 0 spiro atoms. The lowest BCUT2D eigenvalue weighted by atomic mass is 10.0. The topological polar surface area (TPSA) is 129 Å². The fourth-order valence-electron chi connectivity index (χ4n) is 4.37. The standard InChI is InChI=1S/C30H39N3O8Si/c1-30(2,3)42(6)41-20-24-10-7-15-32(24)28(34)25-18-27(39-5)26(38-4)17-22(25)19-31-29(35)40-16-8-9-21-11-13-23(14-12-21)33(36)37/h8-9,11-14,17-18,24H,7,10,15-16,19-20H2,1-6H3/p+1/b9-8+/t24-/m0/s1. The number of methoxy groups -OCH3 is 2. The molecule has 2 aromatic rings. The molecule has 1 heterocycles. The maximum atomic E-state index is 13.8. The molecule has 0 radical (unpaired) electrons. The van der Waals surface area contributed by atoms with Gasteiger partial charge in [0.1, 0.15) is 18.3 Å². The van der Waals surface area contributed by atoms with Crippen LogP contribution in [-0.4, -0.2) is 70.9 Å². The van der Waals surface area contributed by atoms with Crippen molar-refractivity contribution >= 4 is 32.8 Å². The third-order valence-corrected chi connectivity index (χ3v) is 9.89. The zero-order valence-corrected chi connectivity index (χ0v) is 26.1. The van der Waals surface area contributed by atoms with Crippen LogP contribution >= 0.6 is 0 Å². The van der Waals surface area contributed by atoms with Crippen LogP contribution in [0.2, 0.25) is 11.6 Å². The number of benzene rings is 2. The van der Waals surface area contributed by atoms with Crippen molar-refractivity contribution in [1.29, 1.82) is 0 Å². The SMILES string of the molecule is COc1cc(CNC(=O)OC/C=C/c2ccc([N+](=O)[O-])cc2)c(C(=O)N2CCC[C@H]2CO[Si+](C)C(C)(C)C)cc1OC. The molecule has 42 heavy (non-hydrogen) atoms. The van der Waals surface area contributed by atoms with E-state index in [4.69, 9.17) is 18.6 Å². The van der Waals surface area contributed by atoms with E-state index in [1.54, 1.807) is 36.4 Å². The first-order valence-corrected chi connectivity index (χ1v) is 15.7. The van der Waals surface area contributed by atoms with Crippen LogP contribution in [0.25, 0.3) is 6.08 Å². The van der Waals surface area contributed by atoms with Gasteiger partial charge in [0, 0.05) is 30.8 Å². The van der Waals surface area contributed by atoms with Gasteiger partial charge >= 0.3 is 15.1 Å². The zero-order valence-electron chi connectivity index (χ0n) is 25.1. The first kappa shape index (κ1) is 32.6. The average Bonchev–Trinajstić information content (AvgIpc) is 3.44. The molecule has 1 fully saturated rings. The molecule has 11 nitrogen and oxygen atoms in total. The van der Waals surface area contributed by atoms with Crippen molar-refractivity contribution in [2.45, 2.75) is 57.8 Å². The number of likely N-dealkylation sites (tertiary alicyclic amines) is 1. The third-order valence-electron chi connectivity index (χ3n) is 7.17. The van der Waals surface area contributed by atoms with Gasteiger partial charge < -0.3 is 24.4 Å². The highest BCUT2D eigenvalue weighted by atomic mass is 28.3. The van der Waals surface area contributed by atoms with Crippen molar-refractivity contribution in [3.63, 3.8) is 0 Å². The van der Waals surface area contributed by atoms with E-state index in [9.17, 15) is 19.7 Å². The maximum absolute atomic E-state index is 13.8. The van der Waals surface area contributed by atoms with Gasteiger partial charge in [-0.15, -0.1) is 0 Å². The van der Waals surface area contributed by atoms with Gasteiger partial charge in [-0.25, -0.2) is 9.22 Å². The molecule has 1 N–H and O–H groups in total. The summed E-state index contributed by atoms with van der Waals surface area (Å²) in [6.45, 7) is 9.80. The molecule has 0 unspecified atom stereocenters. The van der Waals surface area contributed by atoms with E-state index in [-0.39, 0.29) is 35.8 Å². The Morgan fingerprint density at radius 2 is 1.81 bits per heavy atom. The second-order valence-electron chi connectivity index (χ2n) is 11.0. The van der Waals surface area contributed by atoms with Gasteiger partial charge in [0.05, 0.1) is 31.7 Å². The Bertz CT molecular complexity index is 1280. The average molecular weight is 599 g/mol. The van der Waals surface area contributed by atoms with Gasteiger partial charge in [-0.1, -0.05) is 6.08 Å². The van der Waals surface area contributed by atoms with Crippen LogP contribution in [0.5, 0.6) is 11.5 Å². The van der Waals surface area contributed by atoms with Crippen molar-refractivity contribution in [3.05, 3.63) is 69.3 Å². The number of hydrogen-bond acceptors (Lipinski definition) is 8. The summed E-state index contributed by atoms with van der Waals surface area (Å²) in [5, 5.41) is 13.6. The van der Waals surface area contributed by atoms with Crippen LogP contribution in [-0.2, 0) is 15.7 Å². The summed E-state index contributed by atoms with van der Waals surface area (Å²) in [5.74, 6) is 0.705. The number of nitro benzene ring substituents is 1. The lowest BCUT2D eigenvalue weighted by Crippen LogP contribution is -2.41. The minimum atomic E-state index is -1.05. The summed E-state index contributed by atoms with van der Waals surface area (Å²) in [7, 11) is 1.97. The molecule has 3 rings (SSSR count). The lowest BCUT2D eigenvalue weighted by molar-refractivity contribution is -0.384. The number of carbonyl (C=O) groups excluding carboxylic acids is 2. The van der Waals surface area contributed by atoms with E-state index in [2.05, 4.69) is 32.6 Å². The number of alkyl carbamates (subject to hydrolysis) is 1. The molecular formula is C30H40N3O8Si+. The second-order valence-corrected chi connectivity index (χ2v) is 13.9. The first-order valence-electron chi connectivity index (χ1n) is 13.8. The Kier molecular flexibility index (Phi) is 11.5. The summed E-state index contributed by atoms with van der Waals surface area (Å²) in [5.41, 5.74) is 1.72. The molecule has 1 aliphatic heterocycles. The van der Waals surface area contributed by atoms with Crippen LogP contribution in [0.1, 0.15) is 55.1 Å². The summed E-state index contributed by atoms with van der Waals surface area (Å²) in [6, 6.07) is 9.33. The molecule has 1 aliphatic rings. The van der Waals surface area contributed by atoms with Gasteiger partial charge in [-0.05, 0) is 75.1 Å². The Morgan fingerprint density at radius 1 is 1.14 bits per heavy atom. The number of carbonyl (C=O) groups is 2. The van der Waals surface area contributed by atoms with Crippen molar-refractivity contribution in [1.82, 2.24) is 10.2 Å². The number of hydrogen-bond donors (Lipinski definition) is 1. The summed E-state index contributed by atoms with van der Waals surface area (Å²) >= 11 is 0. The molecule has 2 amide bonds. The Morgan fingerprint density at radius 3 is 2.43 bits per heavy atom. The predicted molar refractivity (Wildman–Crippen MR) is 161 cm³/mol. The highest BCUT2D eigenvalue weighted by Crippen LogP contribution is 2.33. The monoisotopic (exact) mass is 598 g/mol. The summed E-state index contributed by atoms with van der Waals surface area (Å²) < 4.78 is 22.4. The molecule has 0 aromatic heterocycles. The Balaban J connectivity index is 1.66. The predicted octanol–water partition coefficient (Wildman–Crippen LogP) is 5.59. The molecule has 1 saturated heterocycles. The van der Waals surface area contributed by atoms with E-state index in [1.807, 2.05) is 4.90 Å². The number of nitrogens with one attached hydrogen (secondary N) is 1. The lowest BCUT2D eigenvalue weighted by Gasteiger charge is -2.26. The minimum Gasteiger partial charge on any atom is -0.493 e. The van der Waals surface area contributed by atoms with Gasteiger partial charge in [0.25, 0.3) is 11.6 Å². The van der Waals surface area contributed by atoms with Gasteiger partial charge in [-0.3, -0.25) is 14.9 Å². The van der Waals surface area contributed by atoms with Crippen LogP contribution in [0, 0.1) is 10.1 Å². The molecule has 2 aromatic carbocycles.